The summed E-state index contributed by atoms with van der Waals surface area (Å²) in [4.78, 5) is 25.9. The van der Waals surface area contributed by atoms with Crippen LogP contribution in [0.15, 0.2) is 59.8 Å². The van der Waals surface area contributed by atoms with Gasteiger partial charge in [-0.2, -0.15) is 5.10 Å². The van der Waals surface area contributed by atoms with Crippen LogP contribution in [0.4, 0.5) is 0 Å². The second kappa shape index (κ2) is 6.15. The summed E-state index contributed by atoms with van der Waals surface area (Å²) >= 11 is 0. The van der Waals surface area contributed by atoms with Crippen molar-refractivity contribution in [3.63, 3.8) is 0 Å². The highest BCUT2D eigenvalue weighted by Crippen LogP contribution is 2.17. The SMILES string of the molecule is O=C(O)c1ccc(C=NNC(=O)c2c[nH]c3ccccc23)cc1. The highest BCUT2D eigenvalue weighted by molar-refractivity contribution is 6.06. The minimum atomic E-state index is -0.985. The average molecular weight is 307 g/mol. The standard InChI is InChI=1S/C17H13N3O3/c21-16(14-10-18-15-4-2-1-3-13(14)15)20-19-9-11-5-7-12(8-6-11)17(22)23/h1-10,18H,(H,20,21)(H,22,23). The van der Waals surface area contributed by atoms with Crippen LogP contribution < -0.4 is 5.43 Å². The van der Waals surface area contributed by atoms with Gasteiger partial charge in [-0.1, -0.05) is 30.3 Å². The number of amides is 1. The quantitative estimate of drug-likeness (QED) is 0.511. The number of benzene rings is 2. The van der Waals surface area contributed by atoms with Gasteiger partial charge < -0.3 is 10.1 Å². The maximum atomic E-state index is 12.1. The third-order valence-corrected chi connectivity index (χ3v) is 3.37. The highest BCUT2D eigenvalue weighted by Gasteiger charge is 2.10. The predicted molar refractivity (Wildman–Crippen MR) is 86.8 cm³/mol. The number of para-hydroxylation sites is 1. The third-order valence-electron chi connectivity index (χ3n) is 3.37. The molecular weight excluding hydrogens is 294 g/mol. The zero-order chi connectivity index (χ0) is 16.2. The van der Waals surface area contributed by atoms with E-state index in [4.69, 9.17) is 5.11 Å². The molecule has 3 aromatic rings. The van der Waals surface area contributed by atoms with Crippen molar-refractivity contribution in [2.75, 3.05) is 0 Å². The number of carboxylic acids is 1. The van der Waals surface area contributed by atoms with Crippen LogP contribution in [0.5, 0.6) is 0 Å². The van der Waals surface area contributed by atoms with E-state index in [0.717, 1.165) is 10.9 Å². The van der Waals surface area contributed by atoms with Crippen LogP contribution in [0.1, 0.15) is 26.3 Å². The van der Waals surface area contributed by atoms with Gasteiger partial charge in [0, 0.05) is 17.1 Å². The number of hydrogen-bond acceptors (Lipinski definition) is 3. The van der Waals surface area contributed by atoms with E-state index in [9.17, 15) is 9.59 Å². The monoisotopic (exact) mass is 307 g/mol. The first kappa shape index (κ1) is 14.5. The molecule has 1 aromatic heterocycles. The van der Waals surface area contributed by atoms with Crippen molar-refractivity contribution in [2.24, 2.45) is 5.10 Å². The predicted octanol–water partition coefficient (Wildman–Crippen LogP) is 2.63. The van der Waals surface area contributed by atoms with Crippen LogP contribution in [-0.4, -0.2) is 28.2 Å². The topological polar surface area (TPSA) is 94.5 Å². The summed E-state index contributed by atoms with van der Waals surface area (Å²) in [6.45, 7) is 0. The Hall–Kier alpha value is -3.41. The minimum absolute atomic E-state index is 0.199. The van der Waals surface area contributed by atoms with Crippen LogP contribution in [0.25, 0.3) is 10.9 Å². The Morgan fingerprint density at radius 3 is 2.57 bits per heavy atom. The van der Waals surface area contributed by atoms with Gasteiger partial charge in [-0.3, -0.25) is 4.79 Å². The van der Waals surface area contributed by atoms with Crippen LogP contribution in [-0.2, 0) is 0 Å². The van der Waals surface area contributed by atoms with Gasteiger partial charge in [-0.05, 0) is 23.8 Å². The fraction of sp³-hybridized carbons (Fsp3) is 0. The van der Waals surface area contributed by atoms with Gasteiger partial charge in [0.15, 0.2) is 0 Å². The molecule has 3 rings (SSSR count). The lowest BCUT2D eigenvalue weighted by Crippen LogP contribution is -2.17. The lowest BCUT2D eigenvalue weighted by molar-refractivity contribution is 0.0696. The van der Waals surface area contributed by atoms with E-state index in [0.29, 0.717) is 11.1 Å². The van der Waals surface area contributed by atoms with Crippen molar-refractivity contribution in [1.82, 2.24) is 10.4 Å². The van der Waals surface area contributed by atoms with Gasteiger partial charge in [-0.25, -0.2) is 10.2 Å². The Balaban J connectivity index is 1.70. The Kier molecular flexibility index (Phi) is 3.88. The molecule has 0 saturated heterocycles. The van der Waals surface area contributed by atoms with E-state index < -0.39 is 5.97 Å². The molecule has 0 aliphatic rings. The molecule has 23 heavy (non-hydrogen) atoms. The van der Waals surface area contributed by atoms with E-state index in [1.807, 2.05) is 24.3 Å². The number of aromatic amines is 1. The van der Waals surface area contributed by atoms with Gasteiger partial charge in [0.1, 0.15) is 0 Å². The summed E-state index contributed by atoms with van der Waals surface area (Å²) in [5.74, 6) is -1.30. The number of H-pyrrole nitrogens is 1. The van der Waals surface area contributed by atoms with Gasteiger partial charge in [0.25, 0.3) is 5.91 Å². The van der Waals surface area contributed by atoms with Crippen molar-refractivity contribution >= 4 is 29.0 Å². The molecule has 0 aliphatic carbocycles. The summed E-state index contributed by atoms with van der Waals surface area (Å²) in [5, 5.41) is 13.5. The van der Waals surface area contributed by atoms with Gasteiger partial charge >= 0.3 is 5.97 Å². The Labute approximate surface area is 131 Å². The highest BCUT2D eigenvalue weighted by atomic mass is 16.4. The number of nitrogens with zero attached hydrogens (tertiary/aromatic N) is 1. The van der Waals surface area contributed by atoms with Crippen molar-refractivity contribution in [3.05, 3.63) is 71.4 Å². The van der Waals surface area contributed by atoms with Crippen molar-refractivity contribution in [1.29, 1.82) is 0 Å². The molecule has 1 amide bonds. The smallest absolute Gasteiger partial charge is 0.335 e. The summed E-state index contributed by atoms with van der Waals surface area (Å²) in [6.07, 6.45) is 3.09. The third kappa shape index (κ3) is 3.11. The molecule has 0 bridgehead atoms. The average Bonchev–Trinajstić information content (AvgIpc) is 2.99. The van der Waals surface area contributed by atoms with E-state index >= 15 is 0 Å². The van der Waals surface area contributed by atoms with Gasteiger partial charge in [0.2, 0.25) is 0 Å². The molecule has 1 heterocycles. The van der Waals surface area contributed by atoms with Gasteiger partial charge in [0.05, 0.1) is 17.3 Å². The van der Waals surface area contributed by atoms with Gasteiger partial charge in [-0.15, -0.1) is 0 Å². The Morgan fingerprint density at radius 2 is 1.83 bits per heavy atom. The normalized spacial score (nSPS) is 11.0. The number of carbonyl (C=O) groups is 2. The number of carbonyl (C=O) groups excluding carboxylic acids is 1. The minimum Gasteiger partial charge on any atom is -0.478 e. The molecule has 2 aromatic carbocycles. The number of hydrazone groups is 1. The first-order valence-corrected chi connectivity index (χ1v) is 6.88. The Bertz CT molecular complexity index is 895. The second-order valence-corrected chi connectivity index (χ2v) is 4.87. The van der Waals surface area contributed by atoms with Crippen LogP contribution in [0, 0.1) is 0 Å². The summed E-state index contributed by atoms with van der Waals surface area (Å²) in [7, 11) is 0. The number of hydrogen-bond donors (Lipinski definition) is 3. The van der Waals surface area contributed by atoms with Crippen LogP contribution in [0.3, 0.4) is 0 Å². The van der Waals surface area contributed by atoms with E-state index in [1.165, 1.54) is 18.3 Å². The molecular formula is C17H13N3O3. The molecule has 6 nitrogen and oxygen atoms in total. The van der Waals surface area contributed by atoms with Crippen LogP contribution >= 0.6 is 0 Å². The molecule has 0 spiro atoms. The van der Waals surface area contributed by atoms with E-state index in [1.54, 1.807) is 18.3 Å². The second-order valence-electron chi connectivity index (χ2n) is 4.87. The fourth-order valence-corrected chi connectivity index (χ4v) is 2.20. The van der Waals surface area contributed by atoms with Crippen LogP contribution in [0.2, 0.25) is 0 Å². The molecule has 114 valence electrons. The van der Waals surface area contributed by atoms with E-state index in [-0.39, 0.29) is 11.5 Å². The largest absolute Gasteiger partial charge is 0.478 e. The molecule has 0 unspecified atom stereocenters. The lowest BCUT2D eigenvalue weighted by atomic mass is 10.1. The fourth-order valence-electron chi connectivity index (χ4n) is 2.20. The Morgan fingerprint density at radius 1 is 1.09 bits per heavy atom. The summed E-state index contributed by atoms with van der Waals surface area (Å²) in [6, 6.07) is 13.7. The maximum Gasteiger partial charge on any atom is 0.335 e. The molecule has 0 aliphatic heterocycles. The summed E-state index contributed by atoms with van der Waals surface area (Å²) in [5.41, 5.74) is 4.74. The van der Waals surface area contributed by atoms with Crippen molar-refractivity contribution in [3.8, 4) is 0 Å². The molecule has 0 radical (unpaired) electrons. The van der Waals surface area contributed by atoms with Crippen molar-refractivity contribution < 1.29 is 14.7 Å². The van der Waals surface area contributed by atoms with E-state index in [2.05, 4.69) is 15.5 Å². The molecule has 3 N–H and O–H groups in total. The lowest BCUT2D eigenvalue weighted by Gasteiger charge is -1.98. The zero-order valence-electron chi connectivity index (χ0n) is 12.0. The number of aromatic nitrogens is 1. The molecule has 6 heteroatoms. The van der Waals surface area contributed by atoms with Crippen molar-refractivity contribution in [2.45, 2.75) is 0 Å². The maximum absolute atomic E-state index is 12.1. The number of aromatic carboxylic acids is 1. The first-order valence-electron chi connectivity index (χ1n) is 6.88. The number of fused-ring (bicyclic) bond motifs is 1. The number of rotatable bonds is 4. The molecule has 0 fully saturated rings. The number of carboxylic acid groups (broad SMARTS) is 1. The first-order chi connectivity index (χ1) is 11.1. The molecule has 0 atom stereocenters. The zero-order valence-corrected chi connectivity index (χ0v) is 12.0. The summed E-state index contributed by atoms with van der Waals surface area (Å²) < 4.78 is 0. The number of nitrogens with one attached hydrogen (secondary N) is 2. The molecule has 0 saturated carbocycles.